The van der Waals surface area contributed by atoms with Crippen LogP contribution < -0.4 is 4.74 Å². The van der Waals surface area contributed by atoms with Gasteiger partial charge >= 0.3 is 17.9 Å². The monoisotopic (exact) mass is 233 g/mol. The van der Waals surface area contributed by atoms with Crippen LogP contribution in [0.4, 0.5) is 18.9 Å². The summed E-state index contributed by atoms with van der Waals surface area (Å²) >= 11 is 0. The average molecular weight is 233 g/mol. The summed E-state index contributed by atoms with van der Waals surface area (Å²) in [6.07, 6.45) is -5.11. The highest BCUT2D eigenvalue weighted by molar-refractivity contribution is 5.43. The van der Waals surface area contributed by atoms with E-state index in [-0.39, 0.29) is 0 Å². The van der Waals surface area contributed by atoms with E-state index in [9.17, 15) is 23.3 Å². The third kappa shape index (κ3) is 2.81. The SMILES string of the molecule is N#Cc1ccc([N+](=O)[O-])c(OC(F)(F)F)n1. The Morgan fingerprint density at radius 3 is 2.56 bits per heavy atom. The lowest BCUT2D eigenvalue weighted by Gasteiger charge is -2.07. The van der Waals surface area contributed by atoms with Crippen LogP contribution in [-0.2, 0) is 0 Å². The van der Waals surface area contributed by atoms with E-state index in [0.717, 1.165) is 6.07 Å². The molecule has 0 spiro atoms. The second kappa shape index (κ2) is 4.01. The normalized spacial score (nSPS) is 10.6. The fraction of sp³-hybridized carbons (Fsp3) is 0.143. The molecule has 6 nitrogen and oxygen atoms in total. The molecule has 0 atom stereocenters. The zero-order valence-corrected chi connectivity index (χ0v) is 7.35. The van der Waals surface area contributed by atoms with Gasteiger partial charge in [0.2, 0.25) is 0 Å². The Bertz CT molecular complexity index is 466. The molecule has 0 amide bonds. The molecule has 0 radical (unpaired) electrons. The Morgan fingerprint density at radius 1 is 1.50 bits per heavy atom. The fourth-order valence-electron chi connectivity index (χ4n) is 0.819. The number of ether oxygens (including phenoxy) is 1. The topological polar surface area (TPSA) is 89.0 Å². The number of halogens is 3. The number of rotatable bonds is 2. The van der Waals surface area contributed by atoms with E-state index in [1.54, 1.807) is 0 Å². The zero-order chi connectivity index (χ0) is 12.3. The summed E-state index contributed by atoms with van der Waals surface area (Å²) < 4.78 is 38.9. The van der Waals surface area contributed by atoms with Crippen LogP contribution in [0.15, 0.2) is 12.1 Å². The van der Waals surface area contributed by atoms with E-state index in [1.807, 2.05) is 0 Å². The van der Waals surface area contributed by atoms with Crippen molar-refractivity contribution in [1.82, 2.24) is 4.98 Å². The molecule has 0 saturated heterocycles. The van der Waals surface area contributed by atoms with Crippen molar-refractivity contribution in [2.24, 2.45) is 0 Å². The second-order valence-corrected chi connectivity index (χ2v) is 2.44. The Morgan fingerprint density at radius 2 is 2.12 bits per heavy atom. The molecule has 0 saturated carbocycles. The average Bonchev–Trinajstić information content (AvgIpc) is 2.14. The number of nitriles is 1. The zero-order valence-electron chi connectivity index (χ0n) is 7.35. The second-order valence-electron chi connectivity index (χ2n) is 2.44. The first-order valence-corrected chi connectivity index (χ1v) is 3.65. The maximum absolute atomic E-state index is 11.9. The number of pyridine rings is 1. The molecule has 84 valence electrons. The van der Waals surface area contributed by atoms with E-state index in [0.29, 0.717) is 6.07 Å². The number of nitrogens with zero attached hydrogens (tertiary/aromatic N) is 3. The van der Waals surface area contributed by atoms with Crippen LogP contribution in [0.1, 0.15) is 5.69 Å². The van der Waals surface area contributed by atoms with Gasteiger partial charge in [0, 0.05) is 6.07 Å². The van der Waals surface area contributed by atoms with Crippen molar-refractivity contribution >= 4 is 5.69 Å². The molecule has 0 aliphatic carbocycles. The molecule has 9 heteroatoms. The highest BCUT2D eigenvalue weighted by Crippen LogP contribution is 2.29. The van der Waals surface area contributed by atoms with Gasteiger partial charge in [0.1, 0.15) is 11.8 Å². The predicted molar refractivity (Wildman–Crippen MR) is 42.3 cm³/mol. The van der Waals surface area contributed by atoms with E-state index < -0.39 is 28.5 Å². The van der Waals surface area contributed by atoms with Gasteiger partial charge in [-0.3, -0.25) is 10.1 Å². The summed E-state index contributed by atoms with van der Waals surface area (Å²) in [6.45, 7) is 0. The highest BCUT2D eigenvalue weighted by atomic mass is 19.4. The van der Waals surface area contributed by atoms with Crippen LogP contribution in [0.5, 0.6) is 5.88 Å². The standard InChI is InChI=1S/C7H2F3N3O3/c8-7(9,10)16-6-5(13(14)15)2-1-4(3-11)12-6/h1-2H. The lowest BCUT2D eigenvalue weighted by Crippen LogP contribution is -2.19. The lowest BCUT2D eigenvalue weighted by atomic mass is 10.3. The number of hydrogen-bond donors (Lipinski definition) is 0. The molecule has 1 heterocycles. The first-order chi connectivity index (χ1) is 7.33. The van der Waals surface area contributed by atoms with Crippen LogP contribution in [0, 0.1) is 21.4 Å². The fourth-order valence-corrected chi connectivity index (χ4v) is 0.819. The van der Waals surface area contributed by atoms with E-state index in [1.165, 1.54) is 6.07 Å². The van der Waals surface area contributed by atoms with Crippen molar-refractivity contribution in [2.75, 3.05) is 0 Å². The van der Waals surface area contributed by atoms with Crippen molar-refractivity contribution in [1.29, 1.82) is 5.26 Å². The van der Waals surface area contributed by atoms with E-state index >= 15 is 0 Å². The van der Waals surface area contributed by atoms with Crippen LogP contribution in [-0.4, -0.2) is 16.3 Å². The van der Waals surface area contributed by atoms with E-state index in [4.69, 9.17) is 5.26 Å². The molecule has 0 fully saturated rings. The van der Waals surface area contributed by atoms with Gasteiger partial charge in [0.15, 0.2) is 0 Å². The molecule has 0 N–H and O–H groups in total. The number of hydrogen-bond acceptors (Lipinski definition) is 5. The van der Waals surface area contributed by atoms with Gasteiger partial charge in [-0.25, -0.2) is 0 Å². The Kier molecular flexibility index (Phi) is 2.94. The van der Waals surface area contributed by atoms with Gasteiger partial charge in [-0.1, -0.05) is 0 Å². The first-order valence-electron chi connectivity index (χ1n) is 3.65. The molecule has 1 aromatic heterocycles. The minimum atomic E-state index is -5.11. The van der Waals surface area contributed by atoms with Crippen LogP contribution in [0.2, 0.25) is 0 Å². The molecule has 0 unspecified atom stereocenters. The molecule has 1 aromatic rings. The van der Waals surface area contributed by atoms with Crippen molar-refractivity contribution in [2.45, 2.75) is 6.36 Å². The Labute approximate surface area is 86.0 Å². The third-order valence-electron chi connectivity index (χ3n) is 1.36. The number of alkyl halides is 3. The summed E-state index contributed by atoms with van der Waals surface area (Å²) in [5.41, 5.74) is -1.37. The largest absolute Gasteiger partial charge is 0.574 e. The van der Waals surface area contributed by atoms with E-state index in [2.05, 4.69) is 9.72 Å². The molecule has 1 rings (SSSR count). The molecular weight excluding hydrogens is 231 g/mol. The maximum atomic E-state index is 11.9. The molecule has 0 aliphatic heterocycles. The Balaban J connectivity index is 3.22. The van der Waals surface area contributed by atoms with Gasteiger partial charge in [0.05, 0.1) is 4.92 Å². The third-order valence-corrected chi connectivity index (χ3v) is 1.36. The van der Waals surface area contributed by atoms with Gasteiger partial charge in [0.25, 0.3) is 0 Å². The Hall–Kier alpha value is -2.37. The lowest BCUT2D eigenvalue weighted by molar-refractivity contribution is -0.389. The van der Waals surface area contributed by atoms with Crippen LogP contribution in [0.3, 0.4) is 0 Å². The maximum Gasteiger partial charge on any atom is 0.574 e. The molecule has 16 heavy (non-hydrogen) atoms. The van der Waals surface area contributed by atoms with Crippen molar-refractivity contribution < 1.29 is 22.8 Å². The number of nitro groups is 1. The summed E-state index contributed by atoms with van der Waals surface area (Å²) in [4.78, 5) is 12.3. The summed E-state index contributed by atoms with van der Waals surface area (Å²) in [5.74, 6) is -1.25. The highest BCUT2D eigenvalue weighted by Gasteiger charge is 2.35. The number of aromatic nitrogens is 1. The molecule has 0 aromatic carbocycles. The van der Waals surface area contributed by atoms with Crippen molar-refractivity contribution in [3.05, 3.63) is 27.9 Å². The smallest absolute Gasteiger partial charge is 0.381 e. The van der Waals surface area contributed by atoms with Crippen molar-refractivity contribution in [3.63, 3.8) is 0 Å². The van der Waals surface area contributed by atoms with Gasteiger partial charge in [-0.2, -0.15) is 10.2 Å². The quantitative estimate of drug-likeness (QED) is 0.573. The summed E-state index contributed by atoms with van der Waals surface area (Å²) in [5, 5.41) is 18.7. The summed E-state index contributed by atoms with van der Waals surface area (Å²) in [7, 11) is 0. The van der Waals surface area contributed by atoms with Gasteiger partial charge in [-0.05, 0) is 6.07 Å². The van der Waals surface area contributed by atoms with Gasteiger partial charge < -0.3 is 4.74 Å². The minimum absolute atomic E-state index is 0.412. The van der Waals surface area contributed by atoms with Crippen molar-refractivity contribution in [3.8, 4) is 11.9 Å². The molecule has 0 aliphatic rings. The van der Waals surface area contributed by atoms with Gasteiger partial charge in [-0.15, -0.1) is 13.2 Å². The minimum Gasteiger partial charge on any atom is -0.381 e. The molecular formula is C7H2F3N3O3. The predicted octanol–water partition coefficient (Wildman–Crippen LogP) is 1.76. The van der Waals surface area contributed by atoms with Crippen LogP contribution >= 0.6 is 0 Å². The molecule has 0 bridgehead atoms. The summed E-state index contributed by atoms with van der Waals surface area (Å²) in [6, 6.07) is 3.07. The van der Waals surface area contributed by atoms with Crippen LogP contribution in [0.25, 0.3) is 0 Å². The first kappa shape index (κ1) is 11.7.